The fourth-order valence-electron chi connectivity index (χ4n) is 1.65. The third-order valence-corrected chi connectivity index (χ3v) is 2.62. The van der Waals surface area contributed by atoms with E-state index in [9.17, 15) is 23.3 Å². The van der Waals surface area contributed by atoms with E-state index in [4.69, 9.17) is 4.42 Å². The number of halogens is 3. The van der Waals surface area contributed by atoms with Crippen molar-refractivity contribution >= 4 is 11.4 Å². The molecular formula is C12H10F3N3O3. The highest BCUT2D eigenvalue weighted by Crippen LogP contribution is 2.33. The van der Waals surface area contributed by atoms with E-state index in [1.807, 2.05) is 0 Å². The SMILES string of the molecule is Cc1ccc(CNc2cc(C(F)(F)F)ncc2[N+](=O)[O-])o1. The van der Waals surface area contributed by atoms with E-state index in [2.05, 4.69) is 10.3 Å². The minimum atomic E-state index is -4.67. The van der Waals surface area contributed by atoms with Crippen LogP contribution in [0.5, 0.6) is 0 Å². The topological polar surface area (TPSA) is 81.2 Å². The van der Waals surface area contributed by atoms with Crippen molar-refractivity contribution in [3.05, 3.63) is 51.7 Å². The van der Waals surface area contributed by atoms with E-state index in [0.29, 0.717) is 23.8 Å². The van der Waals surface area contributed by atoms with Gasteiger partial charge in [-0.05, 0) is 25.1 Å². The van der Waals surface area contributed by atoms with Crippen molar-refractivity contribution < 1.29 is 22.5 Å². The number of hydrogen-bond donors (Lipinski definition) is 1. The molecule has 0 bridgehead atoms. The number of pyridine rings is 1. The largest absolute Gasteiger partial charge is 0.465 e. The van der Waals surface area contributed by atoms with Gasteiger partial charge in [0, 0.05) is 0 Å². The van der Waals surface area contributed by atoms with Gasteiger partial charge in [0.15, 0.2) is 0 Å². The Hall–Kier alpha value is -2.58. The van der Waals surface area contributed by atoms with E-state index in [0.717, 1.165) is 0 Å². The molecule has 6 nitrogen and oxygen atoms in total. The number of rotatable bonds is 4. The van der Waals surface area contributed by atoms with Crippen LogP contribution >= 0.6 is 0 Å². The van der Waals surface area contributed by atoms with Crippen LogP contribution in [0.2, 0.25) is 0 Å². The quantitative estimate of drug-likeness (QED) is 0.690. The van der Waals surface area contributed by atoms with E-state index in [1.165, 1.54) is 0 Å². The van der Waals surface area contributed by atoms with Crippen LogP contribution in [-0.4, -0.2) is 9.91 Å². The van der Waals surface area contributed by atoms with Crippen LogP contribution in [0.25, 0.3) is 0 Å². The molecule has 0 atom stereocenters. The molecule has 0 amide bonds. The van der Waals surface area contributed by atoms with Gasteiger partial charge >= 0.3 is 11.9 Å². The zero-order valence-electron chi connectivity index (χ0n) is 10.8. The molecule has 0 aromatic carbocycles. The Labute approximate surface area is 116 Å². The lowest BCUT2D eigenvalue weighted by molar-refractivity contribution is -0.384. The lowest BCUT2D eigenvalue weighted by Crippen LogP contribution is -2.10. The normalized spacial score (nSPS) is 11.4. The van der Waals surface area contributed by atoms with Gasteiger partial charge in [-0.15, -0.1) is 0 Å². The van der Waals surface area contributed by atoms with Crippen LogP contribution in [0, 0.1) is 17.0 Å². The summed E-state index contributed by atoms with van der Waals surface area (Å²) in [5, 5.41) is 13.4. The van der Waals surface area contributed by atoms with Crippen LogP contribution in [0.3, 0.4) is 0 Å². The van der Waals surface area contributed by atoms with Gasteiger partial charge in [0.1, 0.15) is 29.1 Å². The highest BCUT2D eigenvalue weighted by molar-refractivity contribution is 5.61. The molecule has 0 spiro atoms. The molecule has 2 aromatic heterocycles. The Morgan fingerprint density at radius 1 is 1.43 bits per heavy atom. The number of alkyl halides is 3. The first-order valence-electron chi connectivity index (χ1n) is 5.78. The van der Waals surface area contributed by atoms with Crippen LogP contribution in [0.4, 0.5) is 24.5 Å². The Bertz CT molecular complexity index is 667. The van der Waals surface area contributed by atoms with Gasteiger partial charge in [0.2, 0.25) is 0 Å². The number of nitrogens with zero attached hydrogens (tertiary/aromatic N) is 2. The van der Waals surface area contributed by atoms with Gasteiger partial charge in [0.05, 0.1) is 11.5 Å². The maximum absolute atomic E-state index is 12.6. The molecule has 0 unspecified atom stereocenters. The molecule has 0 radical (unpaired) electrons. The van der Waals surface area contributed by atoms with Gasteiger partial charge in [-0.2, -0.15) is 13.2 Å². The first kappa shape index (κ1) is 14.8. The second-order valence-corrected chi connectivity index (χ2v) is 4.21. The number of anilines is 1. The van der Waals surface area contributed by atoms with Crippen molar-refractivity contribution in [2.75, 3.05) is 5.32 Å². The second kappa shape index (κ2) is 5.43. The highest BCUT2D eigenvalue weighted by atomic mass is 19.4. The number of nitro groups is 1. The van der Waals surface area contributed by atoms with E-state index in [1.54, 1.807) is 19.1 Å². The van der Waals surface area contributed by atoms with Crippen LogP contribution in [0.15, 0.2) is 28.8 Å². The smallest absolute Gasteiger partial charge is 0.433 e. The summed E-state index contributed by atoms with van der Waals surface area (Å²) in [6, 6.07) is 3.91. The molecule has 0 aliphatic carbocycles. The minimum Gasteiger partial charge on any atom is -0.465 e. The Morgan fingerprint density at radius 3 is 2.67 bits per heavy atom. The molecule has 9 heteroatoms. The number of nitrogens with one attached hydrogen (secondary N) is 1. The molecule has 0 saturated heterocycles. The van der Waals surface area contributed by atoms with Crippen molar-refractivity contribution in [2.24, 2.45) is 0 Å². The average molecular weight is 301 g/mol. The van der Waals surface area contributed by atoms with Crippen molar-refractivity contribution in [3.63, 3.8) is 0 Å². The van der Waals surface area contributed by atoms with Gasteiger partial charge in [-0.1, -0.05) is 0 Å². The molecule has 21 heavy (non-hydrogen) atoms. The van der Waals surface area contributed by atoms with Crippen molar-refractivity contribution in [2.45, 2.75) is 19.6 Å². The summed E-state index contributed by atoms with van der Waals surface area (Å²) >= 11 is 0. The van der Waals surface area contributed by atoms with Crippen LogP contribution in [-0.2, 0) is 12.7 Å². The predicted molar refractivity (Wildman–Crippen MR) is 66.7 cm³/mol. The summed E-state index contributed by atoms with van der Waals surface area (Å²) in [6.45, 7) is 1.73. The molecule has 2 aromatic rings. The molecule has 0 fully saturated rings. The van der Waals surface area contributed by atoms with Gasteiger partial charge < -0.3 is 9.73 Å². The highest BCUT2D eigenvalue weighted by Gasteiger charge is 2.34. The summed E-state index contributed by atoms with van der Waals surface area (Å²) < 4.78 is 43.0. The Morgan fingerprint density at radius 2 is 2.14 bits per heavy atom. The summed E-state index contributed by atoms with van der Waals surface area (Å²) in [4.78, 5) is 13.1. The molecular weight excluding hydrogens is 291 g/mol. The van der Waals surface area contributed by atoms with Crippen molar-refractivity contribution in [3.8, 4) is 0 Å². The van der Waals surface area contributed by atoms with Crippen LogP contribution < -0.4 is 5.32 Å². The number of hydrogen-bond acceptors (Lipinski definition) is 5. The van der Waals surface area contributed by atoms with Gasteiger partial charge in [-0.3, -0.25) is 10.1 Å². The summed E-state index contributed by atoms with van der Waals surface area (Å²) in [7, 11) is 0. The third kappa shape index (κ3) is 3.50. The maximum Gasteiger partial charge on any atom is 0.433 e. The molecule has 112 valence electrons. The van der Waals surface area contributed by atoms with E-state index >= 15 is 0 Å². The molecule has 0 aliphatic heterocycles. The molecule has 0 saturated carbocycles. The lowest BCUT2D eigenvalue weighted by Gasteiger charge is -2.09. The minimum absolute atomic E-state index is 0.0238. The first-order valence-corrected chi connectivity index (χ1v) is 5.78. The summed E-state index contributed by atoms with van der Waals surface area (Å²) in [5.41, 5.74) is -2.01. The second-order valence-electron chi connectivity index (χ2n) is 4.21. The van der Waals surface area contributed by atoms with Crippen molar-refractivity contribution in [1.82, 2.24) is 4.98 Å². The fourth-order valence-corrected chi connectivity index (χ4v) is 1.65. The van der Waals surface area contributed by atoms with E-state index < -0.39 is 22.5 Å². The first-order chi connectivity index (χ1) is 9.77. The summed E-state index contributed by atoms with van der Waals surface area (Å²) in [6.07, 6.45) is -4.09. The predicted octanol–water partition coefficient (Wildman–Crippen LogP) is 3.52. The zero-order chi connectivity index (χ0) is 15.6. The van der Waals surface area contributed by atoms with Crippen molar-refractivity contribution in [1.29, 1.82) is 0 Å². The molecule has 2 rings (SSSR count). The molecule has 0 aliphatic rings. The number of aromatic nitrogens is 1. The standard InChI is InChI=1S/C12H10F3N3O3/c1-7-2-3-8(21-7)5-16-9-4-11(12(13,14)15)17-6-10(9)18(19)20/h2-4,6H,5H2,1H3,(H,16,17). The molecule has 1 N–H and O–H groups in total. The lowest BCUT2D eigenvalue weighted by atomic mass is 10.2. The third-order valence-electron chi connectivity index (χ3n) is 2.62. The van der Waals surface area contributed by atoms with Gasteiger partial charge in [-0.25, -0.2) is 4.98 Å². The Balaban J connectivity index is 2.28. The van der Waals surface area contributed by atoms with Crippen LogP contribution in [0.1, 0.15) is 17.2 Å². The number of aryl methyl sites for hydroxylation is 1. The molecule has 2 heterocycles. The average Bonchev–Trinajstić information content (AvgIpc) is 2.80. The number of furan rings is 1. The zero-order valence-corrected chi connectivity index (χ0v) is 10.8. The monoisotopic (exact) mass is 301 g/mol. The Kier molecular flexibility index (Phi) is 3.83. The summed E-state index contributed by atoms with van der Waals surface area (Å²) in [5.74, 6) is 1.08. The fraction of sp³-hybridized carbons (Fsp3) is 0.250. The van der Waals surface area contributed by atoms with Gasteiger partial charge in [0.25, 0.3) is 0 Å². The maximum atomic E-state index is 12.6. The van der Waals surface area contributed by atoms with E-state index in [-0.39, 0.29) is 12.2 Å².